The fourth-order valence-electron chi connectivity index (χ4n) is 4.12. The Balaban J connectivity index is 1.17. The molecule has 3 aromatic rings. The third-order valence-corrected chi connectivity index (χ3v) is 6.04. The first kappa shape index (κ1) is 19.3. The van der Waals surface area contributed by atoms with E-state index in [9.17, 15) is 0 Å². The second kappa shape index (κ2) is 8.62. The average molecular weight is 425 g/mol. The lowest BCUT2D eigenvalue weighted by molar-refractivity contribution is 0.215. The van der Waals surface area contributed by atoms with Gasteiger partial charge in [0, 0.05) is 61.7 Å². The zero-order chi connectivity index (χ0) is 20.3. The second-order valence-electron chi connectivity index (χ2n) is 7.85. The van der Waals surface area contributed by atoms with Gasteiger partial charge in [-0.3, -0.25) is 4.90 Å². The molecule has 0 bridgehead atoms. The third kappa shape index (κ3) is 4.27. The van der Waals surface area contributed by atoms with Gasteiger partial charge in [0.1, 0.15) is 5.82 Å². The molecule has 0 amide bonds. The number of hydrogen-bond acceptors (Lipinski definition) is 7. The van der Waals surface area contributed by atoms with Crippen molar-refractivity contribution in [2.45, 2.75) is 19.4 Å². The molecule has 5 rings (SSSR count). The summed E-state index contributed by atoms with van der Waals surface area (Å²) in [5.74, 6) is 2.27. The summed E-state index contributed by atoms with van der Waals surface area (Å²) in [5, 5.41) is 4.93. The highest BCUT2D eigenvalue weighted by atomic mass is 35.5. The minimum Gasteiger partial charge on any atom is -0.369 e. The van der Waals surface area contributed by atoms with Crippen LogP contribution in [0.15, 0.2) is 47.1 Å². The zero-order valence-corrected chi connectivity index (χ0v) is 17.6. The van der Waals surface area contributed by atoms with Gasteiger partial charge in [0.2, 0.25) is 11.7 Å². The molecule has 0 spiro atoms. The van der Waals surface area contributed by atoms with E-state index < -0.39 is 0 Å². The van der Waals surface area contributed by atoms with Gasteiger partial charge in [-0.05, 0) is 43.2 Å². The van der Waals surface area contributed by atoms with Crippen LogP contribution < -0.4 is 9.80 Å². The summed E-state index contributed by atoms with van der Waals surface area (Å²) in [4.78, 5) is 16.2. The number of piperazine rings is 1. The molecule has 156 valence electrons. The molecule has 2 aromatic heterocycles. The van der Waals surface area contributed by atoms with E-state index in [1.54, 1.807) is 0 Å². The van der Waals surface area contributed by atoms with Crippen molar-refractivity contribution in [2.75, 3.05) is 49.1 Å². The van der Waals surface area contributed by atoms with Crippen molar-refractivity contribution >= 4 is 23.1 Å². The molecule has 2 fully saturated rings. The summed E-state index contributed by atoms with van der Waals surface area (Å²) >= 11 is 6.12. The molecular weight excluding hydrogens is 400 g/mol. The van der Waals surface area contributed by atoms with Gasteiger partial charge >= 0.3 is 0 Å². The molecule has 2 aliphatic rings. The maximum absolute atomic E-state index is 6.12. The molecule has 0 N–H and O–H groups in total. The minimum atomic E-state index is 0.600. The number of benzene rings is 1. The SMILES string of the molecule is Clc1cccc(N2CCN(Cc3nc(-c4ccc(N5CCCC5)nc4)no3)CC2)c1. The molecule has 0 radical (unpaired) electrons. The maximum atomic E-state index is 6.12. The minimum absolute atomic E-state index is 0.600. The van der Waals surface area contributed by atoms with E-state index in [-0.39, 0.29) is 0 Å². The second-order valence-corrected chi connectivity index (χ2v) is 8.29. The molecule has 1 aromatic carbocycles. The van der Waals surface area contributed by atoms with Crippen LogP contribution in [0.1, 0.15) is 18.7 Å². The van der Waals surface area contributed by atoms with E-state index >= 15 is 0 Å². The van der Waals surface area contributed by atoms with Gasteiger partial charge in [-0.2, -0.15) is 4.98 Å². The summed E-state index contributed by atoms with van der Waals surface area (Å²) < 4.78 is 5.51. The van der Waals surface area contributed by atoms with E-state index in [4.69, 9.17) is 16.1 Å². The molecule has 30 heavy (non-hydrogen) atoms. The van der Waals surface area contributed by atoms with Crippen LogP contribution in [0.5, 0.6) is 0 Å². The van der Waals surface area contributed by atoms with E-state index in [1.807, 2.05) is 36.5 Å². The van der Waals surface area contributed by atoms with Crippen LogP contribution in [-0.4, -0.2) is 59.3 Å². The Bertz CT molecular complexity index is 977. The lowest BCUT2D eigenvalue weighted by atomic mass is 10.2. The number of anilines is 2. The van der Waals surface area contributed by atoms with Gasteiger partial charge < -0.3 is 14.3 Å². The number of rotatable bonds is 5. The fraction of sp³-hybridized carbons (Fsp3) is 0.409. The van der Waals surface area contributed by atoms with Crippen molar-refractivity contribution in [2.24, 2.45) is 0 Å². The third-order valence-electron chi connectivity index (χ3n) is 5.81. The molecular formula is C22H25ClN6O. The van der Waals surface area contributed by atoms with Crippen molar-refractivity contribution in [1.82, 2.24) is 20.0 Å². The van der Waals surface area contributed by atoms with Crippen LogP contribution in [-0.2, 0) is 6.54 Å². The van der Waals surface area contributed by atoms with Gasteiger partial charge in [0.15, 0.2) is 0 Å². The predicted octanol–water partition coefficient (Wildman–Crippen LogP) is 3.71. The summed E-state index contributed by atoms with van der Waals surface area (Å²) in [6, 6.07) is 12.1. The van der Waals surface area contributed by atoms with Gasteiger partial charge in [-0.15, -0.1) is 0 Å². The number of nitrogens with zero attached hydrogens (tertiary/aromatic N) is 6. The molecule has 2 saturated heterocycles. The summed E-state index contributed by atoms with van der Waals surface area (Å²) in [6.07, 6.45) is 4.32. The number of halogens is 1. The summed E-state index contributed by atoms with van der Waals surface area (Å²) in [7, 11) is 0. The Morgan fingerprint density at radius 2 is 1.77 bits per heavy atom. The largest absolute Gasteiger partial charge is 0.369 e. The summed E-state index contributed by atoms with van der Waals surface area (Å²) in [6.45, 7) is 6.61. The van der Waals surface area contributed by atoms with Crippen LogP contribution in [0.2, 0.25) is 5.02 Å². The van der Waals surface area contributed by atoms with Crippen LogP contribution in [0.3, 0.4) is 0 Å². The Hall–Kier alpha value is -2.64. The average Bonchev–Trinajstić information content (AvgIpc) is 3.47. The molecule has 8 heteroatoms. The zero-order valence-electron chi connectivity index (χ0n) is 16.9. The first-order valence-corrected chi connectivity index (χ1v) is 10.9. The lowest BCUT2D eigenvalue weighted by Gasteiger charge is -2.35. The molecule has 2 aliphatic heterocycles. The van der Waals surface area contributed by atoms with Crippen LogP contribution in [0.25, 0.3) is 11.4 Å². The molecule has 0 unspecified atom stereocenters. The molecule has 0 aliphatic carbocycles. The number of aromatic nitrogens is 3. The predicted molar refractivity (Wildman–Crippen MR) is 118 cm³/mol. The van der Waals surface area contributed by atoms with E-state index in [2.05, 4.69) is 35.9 Å². The quantitative estimate of drug-likeness (QED) is 0.618. The van der Waals surface area contributed by atoms with E-state index in [1.165, 1.54) is 18.5 Å². The first-order chi connectivity index (χ1) is 14.7. The van der Waals surface area contributed by atoms with Gasteiger partial charge in [-0.1, -0.05) is 22.8 Å². The summed E-state index contributed by atoms with van der Waals surface area (Å²) in [5.41, 5.74) is 2.06. The Kier molecular flexibility index (Phi) is 5.55. The highest BCUT2D eigenvalue weighted by Gasteiger charge is 2.20. The number of pyridine rings is 1. The number of hydrogen-bond donors (Lipinski definition) is 0. The Labute approximate surface area is 181 Å². The van der Waals surface area contributed by atoms with Crippen molar-refractivity contribution in [1.29, 1.82) is 0 Å². The Morgan fingerprint density at radius 3 is 2.50 bits per heavy atom. The smallest absolute Gasteiger partial charge is 0.241 e. The van der Waals surface area contributed by atoms with Crippen molar-refractivity contribution in [3.8, 4) is 11.4 Å². The van der Waals surface area contributed by atoms with Crippen molar-refractivity contribution in [3.05, 3.63) is 53.5 Å². The lowest BCUT2D eigenvalue weighted by Crippen LogP contribution is -2.46. The molecule has 4 heterocycles. The Morgan fingerprint density at radius 1 is 0.933 bits per heavy atom. The topological polar surface area (TPSA) is 61.5 Å². The van der Waals surface area contributed by atoms with Crippen LogP contribution in [0.4, 0.5) is 11.5 Å². The first-order valence-electron chi connectivity index (χ1n) is 10.5. The maximum Gasteiger partial charge on any atom is 0.241 e. The van der Waals surface area contributed by atoms with E-state index in [0.29, 0.717) is 18.3 Å². The molecule has 7 nitrogen and oxygen atoms in total. The van der Waals surface area contributed by atoms with Gasteiger partial charge in [-0.25, -0.2) is 4.98 Å². The normalized spacial score (nSPS) is 17.6. The highest BCUT2D eigenvalue weighted by molar-refractivity contribution is 6.30. The fourth-order valence-corrected chi connectivity index (χ4v) is 4.30. The van der Waals surface area contributed by atoms with Gasteiger partial charge in [0.05, 0.1) is 6.54 Å². The van der Waals surface area contributed by atoms with Crippen molar-refractivity contribution < 1.29 is 4.52 Å². The standard InChI is InChI=1S/C22H25ClN6O/c23-18-4-3-5-19(14-18)28-12-10-27(11-13-28)16-21-25-22(26-30-21)17-6-7-20(24-15-17)29-8-1-2-9-29/h3-7,14-15H,1-2,8-13,16H2. The monoisotopic (exact) mass is 424 g/mol. The van der Waals surface area contributed by atoms with Gasteiger partial charge in [0.25, 0.3) is 0 Å². The van der Waals surface area contributed by atoms with Crippen molar-refractivity contribution in [3.63, 3.8) is 0 Å². The molecule has 0 saturated carbocycles. The molecule has 0 atom stereocenters. The van der Waals surface area contributed by atoms with E-state index in [0.717, 1.165) is 55.7 Å². The highest BCUT2D eigenvalue weighted by Crippen LogP contribution is 2.23. The van der Waals surface area contributed by atoms with Crippen LogP contribution in [0, 0.1) is 0 Å². The van der Waals surface area contributed by atoms with Crippen LogP contribution >= 0.6 is 11.6 Å².